The van der Waals surface area contributed by atoms with Crippen LogP contribution in [-0.4, -0.2) is 30.9 Å². The first-order valence-corrected chi connectivity index (χ1v) is 9.76. The number of fused-ring (bicyclic) bond motifs is 1. The second-order valence-electron chi connectivity index (χ2n) is 7.64. The van der Waals surface area contributed by atoms with E-state index in [0.29, 0.717) is 10.7 Å². The van der Waals surface area contributed by atoms with Crippen molar-refractivity contribution < 1.29 is 19.0 Å². The average Bonchev–Trinajstić information content (AvgIpc) is 2.68. The van der Waals surface area contributed by atoms with Gasteiger partial charge in [0.25, 0.3) is 0 Å². The molecule has 0 aromatic heterocycles. The zero-order valence-corrected chi connectivity index (χ0v) is 18.1. The molecule has 0 fully saturated rings. The molecule has 0 radical (unpaired) electrons. The van der Waals surface area contributed by atoms with Gasteiger partial charge in [0.2, 0.25) is 0 Å². The summed E-state index contributed by atoms with van der Waals surface area (Å²) in [5.41, 5.74) is 2.84. The first-order valence-electron chi connectivity index (χ1n) is 9.36. The minimum Gasteiger partial charge on any atom is -0.497 e. The summed E-state index contributed by atoms with van der Waals surface area (Å²) in [5.74, 6) is 1.18. The smallest absolute Gasteiger partial charge is 0.337 e. The van der Waals surface area contributed by atoms with Crippen molar-refractivity contribution in [2.45, 2.75) is 38.8 Å². The van der Waals surface area contributed by atoms with Crippen molar-refractivity contribution in [1.82, 2.24) is 5.32 Å². The Balaban J connectivity index is 1.81. The van der Waals surface area contributed by atoms with Crippen LogP contribution in [0.2, 0.25) is 0 Å². The fraction of sp³-hybridized carbons (Fsp3) is 0.364. The number of carbonyl (C=O) groups is 1. The number of nitrogens with one attached hydrogen (secondary N) is 2. The highest BCUT2D eigenvalue weighted by molar-refractivity contribution is 7.80. The largest absolute Gasteiger partial charge is 0.497 e. The Hall–Kier alpha value is -2.80. The maximum absolute atomic E-state index is 11.8. The number of rotatable bonds is 4. The van der Waals surface area contributed by atoms with Gasteiger partial charge in [-0.05, 0) is 68.9 Å². The zero-order chi connectivity index (χ0) is 21.2. The monoisotopic (exact) mass is 414 g/mol. The van der Waals surface area contributed by atoms with Crippen LogP contribution < -0.4 is 20.1 Å². The molecular weight excluding hydrogens is 388 g/mol. The molecular formula is C22H26N2O4S. The third kappa shape index (κ3) is 4.79. The van der Waals surface area contributed by atoms with Crippen LogP contribution in [0.25, 0.3) is 0 Å². The van der Waals surface area contributed by atoms with Crippen LogP contribution in [0.5, 0.6) is 11.5 Å². The summed E-state index contributed by atoms with van der Waals surface area (Å²) in [7, 11) is 3.00. The van der Waals surface area contributed by atoms with E-state index in [1.54, 1.807) is 19.2 Å². The van der Waals surface area contributed by atoms with Crippen molar-refractivity contribution in [2.75, 3.05) is 19.5 Å². The summed E-state index contributed by atoms with van der Waals surface area (Å²) in [4.78, 5) is 11.8. The summed E-state index contributed by atoms with van der Waals surface area (Å²) in [6.07, 6.45) is 0.732. The van der Waals surface area contributed by atoms with E-state index >= 15 is 0 Å². The summed E-state index contributed by atoms with van der Waals surface area (Å²) in [6.45, 7) is 6.05. The molecule has 1 atom stereocenters. The SMILES string of the molecule is COC(=O)c1ccc(C)c(NC(=S)NC2CC(C)(C)Oc3ccc(OC)cc32)c1. The van der Waals surface area contributed by atoms with E-state index in [2.05, 4.69) is 24.5 Å². The van der Waals surface area contributed by atoms with Gasteiger partial charge in [0.05, 0.1) is 25.8 Å². The summed E-state index contributed by atoms with van der Waals surface area (Å²) >= 11 is 5.57. The summed E-state index contributed by atoms with van der Waals surface area (Å²) < 4.78 is 16.3. The molecule has 154 valence electrons. The predicted octanol–water partition coefficient (Wildman–Crippen LogP) is 4.38. The molecule has 0 amide bonds. The fourth-order valence-corrected chi connectivity index (χ4v) is 3.66. The average molecular weight is 415 g/mol. The number of methoxy groups -OCH3 is 2. The minimum atomic E-state index is -0.390. The van der Waals surface area contributed by atoms with Gasteiger partial charge in [0.15, 0.2) is 5.11 Å². The maximum atomic E-state index is 11.8. The van der Waals surface area contributed by atoms with Gasteiger partial charge in [0.1, 0.15) is 17.1 Å². The third-order valence-electron chi connectivity index (χ3n) is 4.89. The van der Waals surface area contributed by atoms with Gasteiger partial charge in [-0.3, -0.25) is 0 Å². The van der Waals surface area contributed by atoms with Crippen LogP contribution in [0.15, 0.2) is 36.4 Å². The van der Waals surface area contributed by atoms with Crippen LogP contribution in [-0.2, 0) is 4.74 Å². The number of ether oxygens (including phenoxy) is 3. The van der Waals surface area contributed by atoms with Crippen molar-refractivity contribution in [2.24, 2.45) is 0 Å². The van der Waals surface area contributed by atoms with Crippen molar-refractivity contribution >= 4 is 29.0 Å². The van der Waals surface area contributed by atoms with Crippen LogP contribution in [0.1, 0.15) is 47.8 Å². The molecule has 0 spiro atoms. The molecule has 0 saturated carbocycles. The number of hydrogen-bond acceptors (Lipinski definition) is 5. The number of aryl methyl sites for hydroxylation is 1. The molecule has 1 aliphatic rings. The molecule has 2 N–H and O–H groups in total. The van der Waals surface area contributed by atoms with Crippen molar-refractivity contribution in [3.05, 3.63) is 53.1 Å². The highest BCUT2D eigenvalue weighted by Gasteiger charge is 2.34. The first kappa shape index (κ1) is 20.9. The van der Waals surface area contributed by atoms with Crippen LogP contribution in [0.4, 0.5) is 5.69 Å². The Morgan fingerprint density at radius 3 is 2.66 bits per heavy atom. The highest BCUT2D eigenvalue weighted by atomic mass is 32.1. The lowest BCUT2D eigenvalue weighted by molar-refractivity contribution is 0.0600. The van der Waals surface area contributed by atoms with E-state index in [-0.39, 0.29) is 17.6 Å². The van der Waals surface area contributed by atoms with Gasteiger partial charge in [-0.15, -0.1) is 0 Å². The first-order chi connectivity index (χ1) is 13.7. The number of anilines is 1. The summed E-state index contributed by atoms with van der Waals surface area (Å²) in [6, 6.07) is 11.0. The molecule has 6 nitrogen and oxygen atoms in total. The van der Waals surface area contributed by atoms with Crippen LogP contribution in [0.3, 0.4) is 0 Å². The van der Waals surface area contributed by atoms with E-state index in [1.165, 1.54) is 7.11 Å². The maximum Gasteiger partial charge on any atom is 0.337 e. The molecule has 1 unspecified atom stereocenters. The van der Waals surface area contributed by atoms with Gasteiger partial charge >= 0.3 is 5.97 Å². The number of carbonyl (C=O) groups excluding carboxylic acids is 1. The number of benzene rings is 2. The molecule has 0 saturated heterocycles. The Bertz CT molecular complexity index is 942. The molecule has 1 heterocycles. The van der Waals surface area contributed by atoms with Gasteiger partial charge in [-0.25, -0.2) is 4.79 Å². The van der Waals surface area contributed by atoms with Gasteiger partial charge in [0, 0.05) is 17.7 Å². The van der Waals surface area contributed by atoms with E-state index in [1.807, 2.05) is 31.2 Å². The number of thiocarbonyl (C=S) groups is 1. The molecule has 2 aromatic carbocycles. The van der Waals surface area contributed by atoms with Crippen molar-refractivity contribution in [1.29, 1.82) is 0 Å². The van der Waals surface area contributed by atoms with Gasteiger partial charge in [-0.1, -0.05) is 6.07 Å². The molecule has 0 bridgehead atoms. The highest BCUT2D eigenvalue weighted by Crippen LogP contribution is 2.41. The molecule has 2 aromatic rings. The Kier molecular flexibility index (Phi) is 5.98. The van der Waals surface area contributed by atoms with Crippen LogP contribution >= 0.6 is 12.2 Å². The van der Waals surface area contributed by atoms with E-state index < -0.39 is 0 Å². The van der Waals surface area contributed by atoms with Crippen molar-refractivity contribution in [3.63, 3.8) is 0 Å². The van der Waals surface area contributed by atoms with Gasteiger partial charge < -0.3 is 24.8 Å². The standard InChI is InChI=1S/C22H26N2O4S/c1-13-6-7-14(20(25)27-5)10-17(13)23-21(29)24-18-12-22(2,3)28-19-9-8-15(26-4)11-16(18)19/h6-11,18H,12H2,1-5H3,(H2,23,24,29). The molecule has 0 aliphatic carbocycles. The normalized spacial score (nSPS) is 16.8. The van der Waals surface area contributed by atoms with E-state index in [0.717, 1.165) is 34.7 Å². The lowest BCUT2D eigenvalue weighted by Gasteiger charge is -2.38. The molecule has 7 heteroatoms. The third-order valence-corrected chi connectivity index (χ3v) is 5.11. The molecule has 29 heavy (non-hydrogen) atoms. The lowest BCUT2D eigenvalue weighted by Crippen LogP contribution is -2.42. The quantitative estimate of drug-likeness (QED) is 0.568. The fourth-order valence-electron chi connectivity index (χ4n) is 3.41. The summed E-state index contributed by atoms with van der Waals surface area (Å²) in [5, 5.41) is 7.06. The molecule has 1 aliphatic heterocycles. The lowest BCUT2D eigenvalue weighted by atomic mass is 9.89. The Morgan fingerprint density at radius 2 is 1.97 bits per heavy atom. The van der Waals surface area contributed by atoms with Gasteiger partial charge in [-0.2, -0.15) is 0 Å². The second kappa shape index (κ2) is 8.29. The van der Waals surface area contributed by atoms with Crippen LogP contribution in [0, 0.1) is 6.92 Å². The Morgan fingerprint density at radius 1 is 1.21 bits per heavy atom. The second-order valence-corrected chi connectivity index (χ2v) is 8.05. The van der Waals surface area contributed by atoms with E-state index in [9.17, 15) is 4.79 Å². The minimum absolute atomic E-state index is 0.0482. The Labute approximate surface area is 176 Å². The zero-order valence-electron chi connectivity index (χ0n) is 17.3. The molecule has 3 rings (SSSR count). The van der Waals surface area contributed by atoms with E-state index in [4.69, 9.17) is 26.4 Å². The topological polar surface area (TPSA) is 68.8 Å². The number of hydrogen-bond donors (Lipinski definition) is 2. The predicted molar refractivity (Wildman–Crippen MR) is 117 cm³/mol. The van der Waals surface area contributed by atoms with Crippen molar-refractivity contribution in [3.8, 4) is 11.5 Å². The number of esters is 1.